The van der Waals surface area contributed by atoms with Gasteiger partial charge in [0.05, 0.1) is 10.7 Å². The number of rotatable bonds is 4. The van der Waals surface area contributed by atoms with Crippen molar-refractivity contribution in [2.75, 3.05) is 0 Å². The van der Waals surface area contributed by atoms with E-state index in [1.165, 1.54) is 12.3 Å². The minimum absolute atomic E-state index is 0.212. The van der Waals surface area contributed by atoms with E-state index in [1.54, 1.807) is 18.2 Å². The van der Waals surface area contributed by atoms with Gasteiger partial charge in [-0.3, -0.25) is 9.78 Å². The summed E-state index contributed by atoms with van der Waals surface area (Å²) in [6, 6.07) is 6.35. The Hall–Kier alpha value is -1.75. The molecular weight excluding hydrogens is 301 g/mol. The summed E-state index contributed by atoms with van der Waals surface area (Å²) in [6.07, 6.45) is 3.43. The number of carbonyl (C=O) groups is 1. The number of hydrogen-bond acceptors (Lipinski definition) is 3. The molecule has 0 radical (unpaired) electrons. The number of carbonyl (C=O) groups excluding carboxylic acids is 1. The summed E-state index contributed by atoms with van der Waals surface area (Å²) < 4.78 is 19.1. The highest BCUT2D eigenvalue weighted by atomic mass is 79.9. The second-order valence-corrected chi connectivity index (χ2v) is 4.46. The molecule has 1 aromatic heterocycles. The lowest BCUT2D eigenvalue weighted by molar-refractivity contribution is 0.112. The Morgan fingerprint density at radius 1 is 1.33 bits per heavy atom. The van der Waals surface area contributed by atoms with E-state index in [1.807, 2.05) is 0 Å². The molecule has 1 aromatic carbocycles. The van der Waals surface area contributed by atoms with Crippen LogP contribution in [0.2, 0.25) is 0 Å². The quantitative estimate of drug-likeness (QED) is 0.813. The molecule has 1 heterocycles. The fourth-order valence-corrected chi connectivity index (χ4v) is 1.91. The van der Waals surface area contributed by atoms with Crippen molar-refractivity contribution < 1.29 is 13.9 Å². The third-order valence-corrected chi connectivity index (χ3v) is 2.87. The standard InChI is InChI=1S/C13H9BrFNO2/c14-12-4-9(7-17)1-2-13(12)18-8-10-3-11(15)6-16-5-10/h1-7H,8H2. The first-order valence-corrected chi connectivity index (χ1v) is 5.95. The van der Waals surface area contributed by atoms with Gasteiger partial charge in [0.15, 0.2) is 0 Å². The third-order valence-electron chi connectivity index (χ3n) is 2.25. The van der Waals surface area contributed by atoms with Gasteiger partial charge in [0.25, 0.3) is 0 Å². The van der Waals surface area contributed by atoms with Crippen molar-refractivity contribution in [1.29, 1.82) is 0 Å². The summed E-state index contributed by atoms with van der Waals surface area (Å²) in [7, 11) is 0. The van der Waals surface area contributed by atoms with E-state index in [9.17, 15) is 9.18 Å². The van der Waals surface area contributed by atoms with Gasteiger partial charge in [-0.15, -0.1) is 0 Å². The average molecular weight is 310 g/mol. The van der Waals surface area contributed by atoms with Gasteiger partial charge in [0.2, 0.25) is 0 Å². The monoisotopic (exact) mass is 309 g/mol. The van der Waals surface area contributed by atoms with Crippen molar-refractivity contribution in [2.24, 2.45) is 0 Å². The van der Waals surface area contributed by atoms with Crippen LogP contribution < -0.4 is 4.74 Å². The molecule has 2 aromatic rings. The van der Waals surface area contributed by atoms with Gasteiger partial charge in [0.1, 0.15) is 24.5 Å². The van der Waals surface area contributed by atoms with Crippen LogP contribution in [-0.2, 0) is 6.61 Å². The predicted molar refractivity (Wildman–Crippen MR) is 68.1 cm³/mol. The molecule has 18 heavy (non-hydrogen) atoms. The van der Waals surface area contributed by atoms with Crippen LogP contribution in [0.1, 0.15) is 15.9 Å². The number of benzene rings is 1. The Balaban J connectivity index is 2.08. The molecule has 0 spiro atoms. The van der Waals surface area contributed by atoms with Crippen molar-refractivity contribution >= 4 is 22.2 Å². The number of hydrogen-bond donors (Lipinski definition) is 0. The Kier molecular flexibility index (Phi) is 4.04. The van der Waals surface area contributed by atoms with Gasteiger partial charge in [0, 0.05) is 17.3 Å². The van der Waals surface area contributed by atoms with E-state index in [-0.39, 0.29) is 6.61 Å². The molecule has 92 valence electrons. The van der Waals surface area contributed by atoms with Crippen LogP contribution in [0.25, 0.3) is 0 Å². The molecule has 0 fully saturated rings. The summed E-state index contributed by atoms with van der Waals surface area (Å²) in [5.74, 6) is 0.191. The van der Waals surface area contributed by atoms with Crippen LogP contribution in [0.5, 0.6) is 5.75 Å². The highest BCUT2D eigenvalue weighted by Gasteiger charge is 2.03. The van der Waals surface area contributed by atoms with E-state index in [0.717, 1.165) is 12.5 Å². The summed E-state index contributed by atoms with van der Waals surface area (Å²) in [5.41, 5.74) is 1.20. The molecule has 0 N–H and O–H groups in total. The van der Waals surface area contributed by atoms with Crippen LogP contribution in [0.15, 0.2) is 41.1 Å². The van der Waals surface area contributed by atoms with E-state index in [0.29, 0.717) is 21.3 Å². The topological polar surface area (TPSA) is 39.2 Å². The number of ether oxygens (including phenoxy) is 1. The van der Waals surface area contributed by atoms with Gasteiger partial charge >= 0.3 is 0 Å². The lowest BCUT2D eigenvalue weighted by atomic mass is 10.2. The Morgan fingerprint density at radius 3 is 2.83 bits per heavy atom. The van der Waals surface area contributed by atoms with Crippen LogP contribution in [0.4, 0.5) is 4.39 Å². The Labute approximate surface area is 112 Å². The molecule has 0 atom stereocenters. The SMILES string of the molecule is O=Cc1ccc(OCc2cncc(F)c2)c(Br)c1. The second-order valence-electron chi connectivity index (χ2n) is 3.61. The van der Waals surface area contributed by atoms with Gasteiger partial charge in [-0.2, -0.15) is 0 Å². The van der Waals surface area contributed by atoms with Crippen molar-refractivity contribution in [3.8, 4) is 5.75 Å². The van der Waals surface area contributed by atoms with E-state index in [2.05, 4.69) is 20.9 Å². The smallest absolute Gasteiger partial charge is 0.150 e. The van der Waals surface area contributed by atoms with Gasteiger partial charge in [-0.1, -0.05) is 0 Å². The van der Waals surface area contributed by atoms with Crippen LogP contribution in [-0.4, -0.2) is 11.3 Å². The summed E-state index contributed by atoms with van der Waals surface area (Å²) in [6.45, 7) is 0.212. The van der Waals surface area contributed by atoms with Crippen LogP contribution in [0.3, 0.4) is 0 Å². The van der Waals surface area contributed by atoms with E-state index < -0.39 is 5.82 Å². The molecule has 0 saturated carbocycles. The lowest BCUT2D eigenvalue weighted by Gasteiger charge is -2.08. The number of pyridine rings is 1. The number of nitrogens with zero attached hydrogens (tertiary/aromatic N) is 1. The zero-order valence-corrected chi connectivity index (χ0v) is 10.9. The number of halogens is 2. The molecular formula is C13H9BrFNO2. The maximum Gasteiger partial charge on any atom is 0.150 e. The largest absolute Gasteiger partial charge is 0.488 e. The minimum Gasteiger partial charge on any atom is -0.488 e. The normalized spacial score (nSPS) is 10.1. The fraction of sp³-hybridized carbons (Fsp3) is 0.0769. The van der Waals surface area contributed by atoms with Crippen molar-refractivity contribution in [3.05, 3.63) is 58.1 Å². The first kappa shape index (κ1) is 12.7. The van der Waals surface area contributed by atoms with Gasteiger partial charge in [-0.25, -0.2) is 4.39 Å². The predicted octanol–water partition coefficient (Wildman–Crippen LogP) is 3.37. The van der Waals surface area contributed by atoms with E-state index in [4.69, 9.17) is 4.74 Å². The van der Waals surface area contributed by atoms with E-state index >= 15 is 0 Å². The highest BCUT2D eigenvalue weighted by molar-refractivity contribution is 9.10. The summed E-state index contributed by atoms with van der Waals surface area (Å²) in [5, 5.41) is 0. The zero-order valence-electron chi connectivity index (χ0n) is 9.27. The third kappa shape index (κ3) is 3.13. The highest BCUT2D eigenvalue weighted by Crippen LogP contribution is 2.26. The molecule has 0 unspecified atom stereocenters. The Morgan fingerprint density at radius 2 is 2.17 bits per heavy atom. The first-order chi connectivity index (χ1) is 8.69. The Bertz CT molecular complexity index is 575. The van der Waals surface area contributed by atoms with Crippen molar-refractivity contribution in [2.45, 2.75) is 6.61 Å². The lowest BCUT2D eigenvalue weighted by Crippen LogP contribution is -1.97. The second kappa shape index (κ2) is 5.73. The number of aldehydes is 1. The fourth-order valence-electron chi connectivity index (χ4n) is 1.40. The molecule has 0 bridgehead atoms. The number of aromatic nitrogens is 1. The molecule has 5 heteroatoms. The molecule has 0 aliphatic rings. The molecule has 0 saturated heterocycles. The maximum atomic E-state index is 12.9. The van der Waals surface area contributed by atoms with Crippen molar-refractivity contribution in [3.63, 3.8) is 0 Å². The molecule has 0 aliphatic carbocycles. The van der Waals surface area contributed by atoms with Gasteiger partial charge < -0.3 is 4.74 Å². The van der Waals surface area contributed by atoms with Crippen molar-refractivity contribution in [1.82, 2.24) is 4.98 Å². The minimum atomic E-state index is -0.397. The van der Waals surface area contributed by atoms with Crippen LogP contribution in [0, 0.1) is 5.82 Å². The molecule has 0 amide bonds. The zero-order chi connectivity index (χ0) is 13.0. The van der Waals surface area contributed by atoms with Gasteiger partial charge in [-0.05, 0) is 40.2 Å². The average Bonchev–Trinajstić information content (AvgIpc) is 2.37. The first-order valence-electron chi connectivity index (χ1n) is 5.16. The summed E-state index contributed by atoms with van der Waals surface area (Å²) in [4.78, 5) is 14.3. The van der Waals surface area contributed by atoms with Crippen LogP contribution >= 0.6 is 15.9 Å². The summed E-state index contributed by atoms with van der Waals surface area (Å²) >= 11 is 3.30. The molecule has 3 nitrogen and oxygen atoms in total. The maximum absolute atomic E-state index is 12.9. The molecule has 2 rings (SSSR count). The molecule has 0 aliphatic heterocycles.